The summed E-state index contributed by atoms with van der Waals surface area (Å²) in [6, 6.07) is 4.32. The average molecular weight is 328 g/mol. The molecule has 4 nitrogen and oxygen atoms in total. The molecule has 1 atom stereocenters. The van der Waals surface area contributed by atoms with E-state index in [1.165, 1.54) is 22.3 Å². The third kappa shape index (κ3) is 3.80. The summed E-state index contributed by atoms with van der Waals surface area (Å²) in [5.41, 5.74) is 4.90. The number of rotatable bonds is 4. The minimum atomic E-state index is -0.0625. The van der Waals surface area contributed by atoms with Gasteiger partial charge in [-0.2, -0.15) is 0 Å². The smallest absolute Gasteiger partial charge is 0.225 e. The monoisotopic (exact) mass is 328 g/mol. The minimum absolute atomic E-state index is 0.0625. The minimum Gasteiger partial charge on any atom is -0.352 e. The van der Waals surface area contributed by atoms with E-state index in [2.05, 4.69) is 38.2 Å². The highest BCUT2D eigenvalue weighted by atomic mass is 16.2. The number of carbonyl (C=O) groups excluding carboxylic acids is 2. The summed E-state index contributed by atoms with van der Waals surface area (Å²) >= 11 is 0. The second kappa shape index (κ2) is 6.96. The van der Waals surface area contributed by atoms with Gasteiger partial charge in [0.2, 0.25) is 11.8 Å². The fourth-order valence-corrected chi connectivity index (χ4v) is 3.79. The van der Waals surface area contributed by atoms with Crippen molar-refractivity contribution in [3.63, 3.8) is 0 Å². The van der Waals surface area contributed by atoms with Crippen molar-refractivity contribution >= 4 is 11.8 Å². The van der Waals surface area contributed by atoms with Crippen LogP contribution in [0.1, 0.15) is 47.9 Å². The van der Waals surface area contributed by atoms with Crippen molar-refractivity contribution in [1.82, 2.24) is 10.2 Å². The molecule has 3 rings (SSSR count). The maximum atomic E-state index is 12.6. The van der Waals surface area contributed by atoms with E-state index in [9.17, 15) is 9.59 Å². The predicted molar refractivity (Wildman–Crippen MR) is 94.5 cm³/mol. The van der Waals surface area contributed by atoms with E-state index in [1.54, 1.807) is 0 Å². The molecule has 24 heavy (non-hydrogen) atoms. The number of nitrogens with one attached hydrogen (secondary N) is 1. The van der Waals surface area contributed by atoms with Crippen LogP contribution in [0.25, 0.3) is 0 Å². The lowest BCUT2D eigenvalue weighted by Crippen LogP contribution is -2.45. The van der Waals surface area contributed by atoms with Gasteiger partial charge in [-0.15, -0.1) is 0 Å². The van der Waals surface area contributed by atoms with Gasteiger partial charge < -0.3 is 10.2 Å². The van der Waals surface area contributed by atoms with Gasteiger partial charge in [-0.1, -0.05) is 17.7 Å². The van der Waals surface area contributed by atoms with Crippen LogP contribution >= 0.6 is 0 Å². The largest absolute Gasteiger partial charge is 0.352 e. The molecule has 1 saturated heterocycles. The average Bonchev–Trinajstić information content (AvgIpc) is 3.38. The molecule has 0 radical (unpaired) electrons. The molecule has 2 amide bonds. The number of piperidine rings is 1. The highest BCUT2D eigenvalue weighted by Gasteiger charge is 2.36. The van der Waals surface area contributed by atoms with Crippen LogP contribution in [0.4, 0.5) is 0 Å². The van der Waals surface area contributed by atoms with Crippen molar-refractivity contribution in [3.05, 3.63) is 34.4 Å². The molecular formula is C20H28N2O2. The molecule has 1 aliphatic heterocycles. The van der Waals surface area contributed by atoms with E-state index >= 15 is 0 Å². The lowest BCUT2D eigenvalue weighted by atomic mass is 9.96. The van der Waals surface area contributed by atoms with Crippen molar-refractivity contribution in [3.8, 4) is 0 Å². The van der Waals surface area contributed by atoms with E-state index in [0.717, 1.165) is 32.2 Å². The van der Waals surface area contributed by atoms with Crippen LogP contribution < -0.4 is 5.32 Å². The number of likely N-dealkylation sites (tertiary alicyclic amines) is 1. The van der Waals surface area contributed by atoms with E-state index in [-0.39, 0.29) is 23.7 Å². The second-order valence-corrected chi connectivity index (χ2v) is 7.49. The van der Waals surface area contributed by atoms with Crippen LogP contribution in [0.2, 0.25) is 0 Å². The van der Waals surface area contributed by atoms with Gasteiger partial charge in [-0.3, -0.25) is 9.59 Å². The number of nitrogens with zero attached hydrogens (tertiary/aromatic N) is 1. The standard InChI is InChI=1S/C20H28N2O2/c1-13-9-14(2)18(15(3)10-13)11-21-19(23)17-5-4-8-22(12-17)20(24)16-6-7-16/h9-10,16-17H,4-8,11-12H2,1-3H3,(H,21,23)/t17-/m1/s1. The summed E-state index contributed by atoms with van der Waals surface area (Å²) in [4.78, 5) is 26.7. The molecule has 130 valence electrons. The molecule has 1 saturated carbocycles. The molecule has 1 heterocycles. The predicted octanol–water partition coefficient (Wildman–Crippen LogP) is 2.88. The third-order valence-corrected chi connectivity index (χ3v) is 5.31. The van der Waals surface area contributed by atoms with Crippen molar-refractivity contribution < 1.29 is 9.59 Å². The highest BCUT2D eigenvalue weighted by molar-refractivity contribution is 5.83. The third-order valence-electron chi connectivity index (χ3n) is 5.31. The van der Waals surface area contributed by atoms with E-state index in [1.807, 2.05) is 4.90 Å². The van der Waals surface area contributed by atoms with Crippen molar-refractivity contribution in [1.29, 1.82) is 0 Å². The zero-order chi connectivity index (χ0) is 17.3. The van der Waals surface area contributed by atoms with E-state index in [0.29, 0.717) is 13.1 Å². The number of benzene rings is 1. The number of aryl methyl sites for hydroxylation is 3. The lowest BCUT2D eigenvalue weighted by molar-refractivity contribution is -0.136. The first-order valence-corrected chi connectivity index (χ1v) is 9.09. The molecular weight excluding hydrogens is 300 g/mol. The molecule has 0 bridgehead atoms. The number of hydrogen-bond donors (Lipinski definition) is 1. The Morgan fingerprint density at radius 3 is 2.38 bits per heavy atom. The van der Waals surface area contributed by atoms with Gasteiger partial charge in [0.15, 0.2) is 0 Å². The molecule has 0 aromatic heterocycles. The van der Waals surface area contributed by atoms with Crippen LogP contribution in [0, 0.1) is 32.6 Å². The molecule has 2 aliphatic rings. The van der Waals surface area contributed by atoms with Gasteiger partial charge in [0, 0.05) is 25.6 Å². The Kier molecular flexibility index (Phi) is 4.93. The zero-order valence-corrected chi connectivity index (χ0v) is 15.0. The van der Waals surface area contributed by atoms with Gasteiger partial charge >= 0.3 is 0 Å². The van der Waals surface area contributed by atoms with E-state index in [4.69, 9.17) is 0 Å². The van der Waals surface area contributed by atoms with Crippen LogP contribution in [-0.2, 0) is 16.1 Å². The zero-order valence-electron chi connectivity index (χ0n) is 15.0. The summed E-state index contributed by atoms with van der Waals surface area (Å²) in [7, 11) is 0. The first kappa shape index (κ1) is 17.0. The lowest BCUT2D eigenvalue weighted by Gasteiger charge is -2.32. The van der Waals surface area contributed by atoms with Crippen LogP contribution in [0.5, 0.6) is 0 Å². The SMILES string of the molecule is Cc1cc(C)c(CNC(=O)[C@@H]2CCCN(C(=O)C3CC3)C2)c(C)c1. The fourth-order valence-electron chi connectivity index (χ4n) is 3.79. The molecule has 0 spiro atoms. The second-order valence-electron chi connectivity index (χ2n) is 7.49. The number of amides is 2. The Bertz CT molecular complexity index is 626. The van der Waals surface area contributed by atoms with Gasteiger partial charge in [0.25, 0.3) is 0 Å². The first-order valence-electron chi connectivity index (χ1n) is 9.09. The van der Waals surface area contributed by atoms with Gasteiger partial charge in [0.1, 0.15) is 0 Å². The normalized spacial score (nSPS) is 20.8. The van der Waals surface area contributed by atoms with Crippen LogP contribution in [0.3, 0.4) is 0 Å². The fraction of sp³-hybridized carbons (Fsp3) is 0.600. The van der Waals surface area contributed by atoms with E-state index < -0.39 is 0 Å². The molecule has 2 fully saturated rings. The topological polar surface area (TPSA) is 49.4 Å². The quantitative estimate of drug-likeness (QED) is 0.924. The van der Waals surface area contributed by atoms with Crippen molar-refractivity contribution in [2.75, 3.05) is 13.1 Å². The van der Waals surface area contributed by atoms with Gasteiger partial charge in [-0.05, 0) is 63.1 Å². The summed E-state index contributed by atoms with van der Waals surface area (Å²) in [5, 5.41) is 3.10. The van der Waals surface area contributed by atoms with Gasteiger partial charge in [0.05, 0.1) is 5.92 Å². The van der Waals surface area contributed by atoms with Gasteiger partial charge in [-0.25, -0.2) is 0 Å². The molecule has 1 aromatic rings. The molecule has 4 heteroatoms. The molecule has 1 aromatic carbocycles. The molecule has 1 aliphatic carbocycles. The number of carbonyl (C=O) groups is 2. The molecule has 0 unspecified atom stereocenters. The summed E-state index contributed by atoms with van der Waals surface area (Å²) in [5.74, 6) is 0.526. The van der Waals surface area contributed by atoms with Crippen LogP contribution in [0.15, 0.2) is 12.1 Å². The highest BCUT2D eigenvalue weighted by Crippen LogP contribution is 2.32. The Balaban J connectivity index is 1.57. The number of hydrogen-bond acceptors (Lipinski definition) is 2. The molecule has 1 N–H and O–H groups in total. The van der Waals surface area contributed by atoms with Crippen LogP contribution in [-0.4, -0.2) is 29.8 Å². The maximum absolute atomic E-state index is 12.6. The summed E-state index contributed by atoms with van der Waals surface area (Å²) < 4.78 is 0. The van der Waals surface area contributed by atoms with Crippen molar-refractivity contribution in [2.24, 2.45) is 11.8 Å². The summed E-state index contributed by atoms with van der Waals surface area (Å²) in [6.07, 6.45) is 3.86. The Morgan fingerprint density at radius 2 is 1.75 bits per heavy atom. The Hall–Kier alpha value is -1.84. The summed E-state index contributed by atoms with van der Waals surface area (Å²) in [6.45, 7) is 8.26. The maximum Gasteiger partial charge on any atom is 0.225 e. The Labute approximate surface area is 144 Å². The Morgan fingerprint density at radius 1 is 1.08 bits per heavy atom. The van der Waals surface area contributed by atoms with Crippen molar-refractivity contribution in [2.45, 2.75) is 53.0 Å². The first-order chi connectivity index (χ1) is 11.5.